The van der Waals surface area contributed by atoms with Crippen molar-refractivity contribution in [3.8, 4) is 5.75 Å². The molecule has 4 aliphatic carbocycles. The summed E-state index contributed by atoms with van der Waals surface area (Å²) in [5, 5.41) is 8.29. The highest BCUT2D eigenvalue weighted by Gasteiger charge is 2.59. The van der Waals surface area contributed by atoms with E-state index in [-0.39, 0.29) is 28.5 Å². The number of amides is 2. The predicted octanol–water partition coefficient (Wildman–Crippen LogP) is 5.46. The van der Waals surface area contributed by atoms with Crippen LogP contribution in [0.4, 0.5) is 42.0 Å². The Kier molecular flexibility index (Phi) is 8.77. The fraction of sp³-hybridized carbons (Fsp3) is 0.500. The Morgan fingerprint density at radius 1 is 1.02 bits per heavy atom. The maximum atomic E-state index is 14.1. The highest BCUT2D eigenvalue weighted by Crippen LogP contribution is 2.61. The second kappa shape index (κ2) is 12.9. The summed E-state index contributed by atoms with van der Waals surface area (Å²) in [5.41, 5.74) is 6.98. The molecule has 2 aromatic carbocycles. The van der Waals surface area contributed by atoms with E-state index in [4.69, 9.17) is 10.5 Å². The van der Waals surface area contributed by atoms with Crippen molar-refractivity contribution in [3.63, 3.8) is 0 Å². The molecule has 0 radical (unpaired) electrons. The lowest BCUT2D eigenvalue weighted by atomic mass is 9.47. The molecule has 0 spiro atoms. The molecule has 11 nitrogen and oxygen atoms in total. The van der Waals surface area contributed by atoms with Gasteiger partial charge in [0.15, 0.2) is 0 Å². The number of anilines is 5. The fourth-order valence-corrected chi connectivity index (χ4v) is 9.29. The van der Waals surface area contributed by atoms with Crippen molar-refractivity contribution in [2.45, 2.75) is 51.2 Å². The molecule has 266 valence electrons. The van der Waals surface area contributed by atoms with Gasteiger partial charge in [-0.15, -0.1) is 0 Å². The predicted molar refractivity (Wildman–Crippen MR) is 184 cm³/mol. The Morgan fingerprint density at radius 3 is 2.38 bits per heavy atom. The number of alkyl halides is 3. The summed E-state index contributed by atoms with van der Waals surface area (Å²) in [6.07, 6.45) is 1.19. The maximum absolute atomic E-state index is 14.1. The molecule has 4 saturated carbocycles. The molecule has 2 amide bonds. The minimum Gasteiger partial charge on any atom is -0.494 e. The molecule has 1 aromatic heterocycles. The summed E-state index contributed by atoms with van der Waals surface area (Å²) < 4.78 is 47.9. The Hall–Kier alpha value is -4.59. The van der Waals surface area contributed by atoms with Crippen LogP contribution in [0.1, 0.15) is 53.6 Å². The normalized spacial score (nSPS) is 26.1. The zero-order valence-corrected chi connectivity index (χ0v) is 28.4. The molecule has 1 saturated heterocycles. The van der Waals surface area contributed by atoms with Crippen LogP contribution in [0.25, 0.3) is 0 Å². The fourth-order valence-electron chi connectivity index (χ4n) is 9.29. The number of piperazine rings is 1. The van der Waals surface area contributed by atoms with Gasteiger partial charge in [0.1, 0.15) is 17.1 Å². The standard InChI is InChI=1S/C36H43F3N8O3/c1-20-5-4-6-25(32(48)41-2)29(20)44-31-26(36(37,38)39)19-42-34(45-31)43-27-8-7-24(15-28(27)50-3)46-9-11-47(12-10-46)30-22-13-21-14-23(30)18-35(16-21,17-22)33(40)49/h4-8,15,19,21-23,30H,9-14,16-18H2,1-3H3,(H2,40,49)(H,41,48)(H2,42,43,44,45)/t21?,22?,23?,30-,35+. The number of carbonyl (C=O) groups excluding carboxylic acids is 2. The highest BCUT2D eigenvalue weighted by molar-refractivity contribution is 6.01. The van der Waals surface area contributed by atoms with Crippen LogP contribution in [-0.4, -0.2) is 73.1 Å². The van der Waals surface area contributed by atoms with Crippen molar-refractivity contribution in [2.75, 3.05) is 55.9 Å². The van der Waals surface area contributed by atoms with Gasteiger partial charge in [0.2, 0.25) is 11.9 Å². The lowest BCUT2D eigenvalue weighted by Gasteiger charge is -2.61. The molecule has 2 unspecified atom stereocenters. The van der Waals surface area contributed by atoms with Crippen molar-refractivity contribution >= 4 is 40.6 Å². The average molecular weight is 693 g/mol. The summed E-state index contributed by atoms with van der Waals surface area (Å²) in [6.45, 7) is 5.21. The minimum atomic E-state index is -4.75. The summed E-state index contributed by atoms with van der Waals surface area (Å²) in [4.78, 5) is 38.0. The third kappa shape index (κ3) is 6.18. The van der Waals surface area contributed by atoms with Crippen LogP contribution in [0, 0.1) is 30.1 Å². The van der Waals surface area contributed by atoms with Crippen molar-refractivity contribution in [3.05, 3.63) is 59.3 Å². The van der Waals surface area contributed by atoms with Gasteiger partial charge in [-0.3, -0.25) is 14.5 Å². The molecule has 1 aliphatic heterocycles. The van der Waals surface area contributed by atoms with Gasteiger partial charge in [-0.1, -0.05) is 12.1 Å². The van der Waals surface area contributed by atoms with Gasteiger partial charge in [-0.2, -0.15) is 18.2 Å². The SMILES string of the molecule is CNC(=O)c1cccc(C)c1Nc1nc(Nc2ccc(N3CCN([C@H]4C5CC6CC4C[C@@](C(N)=O)(C6)C5)CC3)cc2OC)ncc1C(F)(F)F. The van der Waals surface area contributed by atoms with Crippen LogP contribution < -0.4 is 31.3 Å². The van der Waals surface area contributed by atoms with E-state index in [0.717, 1.165) is 51.1 Å². The number of hydrogen-bond donors (Lipinski definition) is 4. The van der Waals surface area contributed by atoms with Crippen molar-refractivity contribution in [2.24, 2.45) is 28.9 Å². The van der Waals surface area contributed by atoms with Crippen molar-refractivity contribution in [1.82, 2.24) is 20.2 Å². The molecular weight excluding hydrogens is 649 g/mol. The number of rotatable bonds is 9. The number of primary amides is 1. The quantitative estimate of drug-likeness (QED) is 0.230. The number of aryl methyl sites for hydroxylation is 1. The maximum Gasteiger partial charge on any atom is 0.421 e. The number of halogens is 3. The van der Waals surface area contributed by atoms with E-state index in [0.29, 0.717) is 47.0 Å². The third-order valence-electron chi connectivity index (χ3n) is 11.4. The van der Waals surface area contributed by atoms with E-state index in [2.05, 4.69) is 35.7 Å². The second-order valence-corrected chi connectivity index (χ2v) is 14.3. The number of nitrogens with two attached hydrogens (primary N) is 1. The Morgan fingerprint density at radius 2 is 1.74 bits per heavy atom. The number of benzene rings is 2. The first-order chi connectivity index (χ1) is 23.9. The minimum absolute atomic E-state index is 0.0796. The van der Waals surface area contributed by atoms with Crippen molar-refractivity contribution in [1.29, 1.82) is 0 Å². The molecule has 4 bridgehead atoms. The zero-order valence-electron chi connectivity index (χ0n) is 28.4. The van der Waals surface area contributed by atoms with Crippen LogP contribution in [-0.2, 0) is 11.0 Å². The number of ether oxygens (including phenoxy) is 1. The van der Waals surface area contributed by atoms with E-state index in [1.165, 1.54) is 33.1 Å². The Labute approximate surface area is 289 Å². The van der Waals surface area contributed by atoms with Gasteiger partial charge in [0.05, 0.1) is 24.0 Å². The van der Waals surface area contributed by atoms with Crippen LogP contribution in [0.15, 0.2) is 42.6 Å². The van der Waals surface area contributed by atoms with Crippen LogP contribution >= 0.6 is 0 Å². The van der Waals surface area contributed by atoms with E-state index in [9.17, 15) is 22.8 Å². The number of methoxy groups -OCH3 is 1. The summed E-state index contributed by atoms with van der Waals surface area (Å²) in [6, 6.07) is 11.0. The smallest absolute Gasteiger partial charge is 0.421 e. The molecule has 2 atom stereocenters. The Bertz CT molecular complexity index is 1780. The lowest BCUT2D eigenvalue weighted by Crippen LogP contribution is -2.64. The third-order valence-corrected chi connectivity index (χ3v) is 11.4. The summed E-state index contributed by atoms with van der Waals surface area (Å²) >= 11 is 0. The van der Waals surface area contributed by atoms with Gasteiger partial charge in [0, 0.05) is 62.6 Å². The molecule has 8 rings (SSSR count). The first-order valence-corrected chi connectivity index (χ1v) is 17.2. The molecule has 2 heterocycles. The zero-order chi connectivity index (χ0) is 35.4. The Balaban J connectivity index is 1.06. The largest absolute Gasteiger partial charge is 0.494 e. The molecule has 5 fully saturated rings. The monoisotopic (exact) mass is 692 g/mol. The number of aromatic nitrogens is 2. The van der Waals surface area contributed by atoms with Crippen LogP contribution in [0.3, 0.4) is 0 Å². The first kappa shape index (κ1) is 33.9. The van der Waals surface area contributed by atoms with E-state index in [1.54, 1.807) is 25.1 Å². The second-order valence-electron chi connectivity index (χ2n) is 14.3. The van der Waals surface area contributed by atoms with E-state index >= 15 is 0 Å². The average Bonchev–Trinajstić information content (AvgIpc) is 3.08. The van der Waals surface area contributed by atoms with E-state index < -0.39 is 23.5 Å². The molecule has 50 heavy (non-hydrogen) atoms. The van der Waals surface area contributed by atoms with Gasteiger partial charge < -0.3 is 31.3 Å². The molecule has 5 N–H and O–H groups in total. The number of nitrogens with zero attached hydrogens (tertiary/aromatic N) is 4. The first-order valence-electron chi connectivity index (χ1n) is 17.2. The van der Waals surface area contributed by atoms with Gasteiger partial charge in [-0.05, 0) is 80.5 Å². The summed E-state index contributed by atoms with van der Waals surface area (Å²) in [5.74, 6) is 1.05. The number of nitrogens with one attached hydrogen (secondary N) is 3. The highest BCUT2D eigenvalue weighted by atomic mass is 19.4. The molecule has 3 aromatic rings. The number of carbonyl (C=O) groups is 2. The van der Waals surface area contributed by atoms with Crippen molar-refractivity contribution < 1.29 is 27.5 Å². The number of hydrogen-bond acceptors (Lipinski definition) is 9. The molecule has 14 heteroatoms. The molecular formula is C36H43F3N8O3. The van der Waals surface area contributed by atoms with Crippen LogP contribution in [0.5, 0.6) is 5.75 Å². The van der Waals surface area contributed by atoms with Gasteiger partial charge in [0.25, 0.3) is 5.91 Å². The number of para-hydroxylation sites is 1. The lowest BCUT2D eigenvalue weighted by molar-refractivity contribution is -0.153. The van der Waals surface area contributed by atoms with E-state index in [1.807, 2.05) is 12.1 Å². The molecule has 5 aliphatic rings. The van der Waals surface area contributed by atoms with Crippen LogP contribution in [0.2, 0.25) is 0 Å². The topological polar surface area (TPSA) is 138 Å². The van der Waals surface area contributed by atoms with Gasteiger partial charge in [-0.25, -0.2) is 4.98 Å². The van der Waals surface area contributed by atoms with Gasteiger partial charge >= 0.3 is 6.18 Å². The summed E-state index contributed by atoms with van der Waals surface area (Å²) in [7, 11) is 2.99.